The molecular weight excluding hydrogens is 331 g/mol. The molecule has 1 aliphatic heterocycles. The van der Waals surface area contributed by atoms with Gasteiger partial charge in [-0.05, 0) is 37.6 Å². The molecule has 3 aromatic rings. The molecule has 1 N–H and O–H groups in total. The lowest BCUT2D eigenvalue weighted by molar-refractivity contribution is 0.439. The van der Waals surface area contributed by atoms with Crippen LogP contribution in [0.1, 0.15) is 30.1 Å². The van der Waals surface area contributed by atoms with Crippen LogP contribution >= 0.6 is 0 Å². The van der Waals surface area contributed by atoms with Crippen LogP contribution in [0.4, 0.5) is 4.39 Å². The highest BCUT2D eigenvalue weighted by atomic mass is 19.1. The van der Waals surface area contributed by atoms with Crippen molar-refractivity contribution in [3.63, 3.8) is 0 Å². The van der Waals surface area contributed by atoms with Crippen molar-refractivity contribution >= 4 is 0 Å². The molecule has 5 nitrogen and oxygen atoms in total. The molecule has 0 aliphatic carbocycles. The molecule has 0 bridgehead atoms. The first-order valence-corrected chi connectivity index (χ1v) is 8.93. The third kappa shape index (κ3) is 3.20. The van der Waals surface area contributed by atoms with Crippen LogP contribution in [0.5, 0.6) is 0 Å². The number of hydrogen-bond donors (Lipinski definition) is 1. The van der Waals surface area contributed by atoms with Gasteiger partial charge in [0.1, 0.15) is 11.6 Å². The number of nitrogens with one attached hydrogen (secondary N) is 1. The lowest BCUT2D eigenvalue weighted by Gasteiger charge is -2.22. The first-order valence-electron chi connectivity index (χ1n) is 8.93. The number of piperidine rings is 1. The molecule has 1 fully saturated rings. The van der Waals surface area contributed by atoms with Crippen molar-refractivity contribution in [2.75, 3.05) is 13.1 Å². The summed E-state index contributed by atoms with van der Waals surface area (Å²) in [6, 6.07) is 16.0. The molecule has 6 heteroatoms. The van der Waals surface area contributed by atoms with E-state index in [0.29, 0.717) is 5.56 Å². The van der Waals surface area contributed by atoms with Crippen molar-refractivity contribution in [1.82, 2.24) is 19.7 Å². The highest BCUT2D eigenvalue weighted by Gasteiger charge is 2.25. The van der Waals surface area contributed by atoms with E-state index in [2.05, 4.69) is 10.4 Å². The van der Waals surface area contributed by atoms with Crippen LogP contribution < -0.4 is 11.0 Å². The van der Waals surface area contributed by atoms with Gasteiger partial charge in [-0.3, -0.25) is 0 Å². The molecule has 1 saturated heterocycles. The molecule has 2 aromatic carbocycles. The van der Waals surface area contributed by atoms with Crippen LogP contribution in [-0.2, 0) is 6.54 Å². The van der Waals surface area contributed by atoms with Crippen LogP contribution in [0.3, 0.4) is 0 Å². The van der Waals surface area contributed by atoms with Gasteiger partial charge in [0.2, 0.25) is 0 Å². The van der Waals surface area contributed by atoms with Gasteiger partial charge in [0.15, 0.2) is 0 Å². The lowest BCUT2D eigenvalue weighted by Crippen LogP contribution is -2.31. The van der Waals surface area contributed by atoms with Crippen molar-refractivity contribution in [2.24, 2.45) is 0 Å². The van der Waals surface area contributed by atoms with Gasteiger partial charge in [-0.15, -0.1) is 0 Å². The van der Waals surface area contributed by atoms with E-state index in [4.69, 9.17) is 0 Å². The second-order valence-electron chi connectivity index (χ2n) is 6.60. The van der Waals surface area contributed by atoms with Crippen LogP contribution in [0.25, 0.3) is 5.69 Å². The van der Waals surface area contributed by atoms with Crippen LogP contribution in [0.15, 0.2) is 59.4 Å². The molecular formula is C20H21FN4O. The van der Waals surface area contributed by atoms with Crippen molar-refractivity contribution < 1.29 is 4.39 Å². The number of aromatic nitrogens is 3. The standard InChI is InChI=1S/C20H21FN4O/c21-18-11-5-4-7-16(18)14-24-20(26)25(17-9-2-1-3-10-17)19(23-24)15-8-6-12-22-13-15/h1-5,7,9-11,15,22H,6,8,12-14H2. The van der Waals surface area contributed by atoms with Crippen molar-refractivity contribution in [2.45, 2.75) is 25.3 Å². The molecule has 1 aliphatic rings. The molecule has 4 rings (SSSR count). The van der Waals surface area contributed by atoms with E-state index in [1.165, 1.54) is 10.7 Å². The maximum Gasteiger partial charge on any atom is 0.350 e. The summed E-state index contributed by atoms with van der Waals surface area (Å²) >= 11 is 0. The zero-order valence-corrected chi connectivity index (χ0v) is 14.4. The summed E-state index contributed by atoms with van der Waals surface area (Å²) in [4.78, 5) is 13.1. The number of para-hydroxylation sites is 1. The number of hydrogen-bond acceptors (Lipinski definition) is 3. The van der Waals surface area contributed by atoms with Gasteiger partial charge in [-0.2, -0.15) is 5.10 Å². The largest absolute Gasteiger partial charge is 0.350 e. The Hall–Kier alpha value is -2.73. The average molecular weight is 352 g/mol. The fourth-order valence-electron chi connectivity index (χ4n) is 3.47. The minimum Gasteiger partial charge on any atom is -0.316 e. The van der Waals surface area contributed by atoms with E-state index < -0.39 is 0 Å². The van der Waals surface area contributed by atoms with E-state index >= 15 is 0 Å². The summed E-state index contributed by atoms with van der Waals surface area (Å²) < 4.78 is 17.1. The minimum atomic E-state index is -0.324. The molecule has 1 aromatic heterocycles. The molecule has 0 spiro atoms. The third-order valence-electron chi connectivity index (χ3n) is 4.82. The first-order chi connectivity index (χ1) is 12.7. The molecule has 26 heavy (non-hydrogen) atoms. The van der Waals surface area contributed by atoms with Crippen LogP contribution in [-0.4, -0.2) is 27.4 Å². The van der Waals surface area contributed by atoms with Gasteiger partial charge in [-0.1, -0.05) is 36.4 Å². The smallest absolute Gasteiger partial charge is 0.316 e. The molecule has 0 saturated carbocycles. The average Bonchev–Trinajstić information content (AvgIpc) is 3.01. The first kappa shape index (κ1) is 16.7. The van der Waals surface area contributed by atoms with Gasteiger partial charge >= 0.3 is 5.69 Å². The maximum absolute atomic E-state index is 14.0. The monoisotopic (exact) mass is 352 g/mol. The maximum atomic E-state index is 14.0. The van der Waals surface area contributed by atoms with E-state index in [1.807, 2.05) is 30.3 Å². The SMILES string of the molecule is O=c1n(Cc2ccccc2F)nc(C2CCCNC2)n1-c1ccccc1. The van der Waals surface area contributed by atoms with Gasteiger partial charge in [0.05, 0.1) is 12.2 Å². The Balaban J connectivity index is 1.80. The zero-order chi connectivity index (χ0) is 17.9. The Kier molecular flexibility index (Phi) is 4.67. The quantitative estimate of drug-likeness (QED) is 0.785. The highest BCUT2D eigenvalue weighted by Crippen LogP contribution is 2.23. The summed E-state index contributed by atoms with van der Waals surface area (Å²) in [5, 5.41) is 7.98. The zero-order valence-electron chi connectivity index (χ0n) is 14.4. The normalized spacial score (nSPS) is 17.3. The number of benzene rings is 2. The fourth-order valence-corrected chi connectivity index (χ4v) is 3.47. The second kappa shape index (κ2) is 7.25. The topological polar surface area (TPSA) is 51.9 Å². The van der Waals surface area contributed by atoms with Crippen LogP contribution in [0.2, 0.25) is 0 Å². The summed E-state index contributed by atoms with van der Waals surface area (Å²) in [6.45, 7) is 1.91. The van der Waals surface area contributed by atoms with E-state index in [1.54, 1.807) is 22.8 Å². The predicted octanol–water partition coefficient (Wildman–Crippen LogP) is 2.69. The molecule has 0 amide bonds. The number of rotatable bonds is 4. The van der Waals surface area contributed by atoms with Crippen molar-refractivity contribution in [1.29, 1.82) is 0 Å². The van der Waals surface area contributed by atoms with E-state index in [9.17, 15) is 9.18 Å². The van der Waals surface area contributed by atoms with Gasteiger partial charge in [0.25, 0.3) is 0 Å². The third-order valence-corrected chi connectivity index (χ3v) is 4.82. The number of halogens is 1. The summed E-state index contributed by atoms with van der Waals surface area (Å²) in [7, 11) is 0. The van der Waals surface area contributed by atoms with Gasteiger partial charge < -0.3 is 5.32 Å². The van der Waals surface area contributed by atoms with Crippen molar-refractivity contribution in [3.8, 4) is 5.69 Å². The Morgan fingerprint density at radius 3 is 2.62 bits per heavy atom. The Morgan fingerprint density at radius 2 is 1.88 bits per heavy atom. The van der Waals surface area contributed by atoms with Gasteiger partial charge in [0, 0.05) is 18.0 Å². The minimum absolute atomic E-state index is 0.124. The molecule has 1 atom stereocenters. The Labute approximate surface area is 151 Å². The second-order valence-corrected chi connectivity index (χ2v) is 6.60. The van der Waals surface area contributed by atoms with E-state index in [-0.39, 0.29) is 24.0 Å². The molecule has 0 radical (unpaired) electrons. The Bertz CT molecular complexity index is 942. The van der Waals surface area contributed by atoms with Gasteiger partial charge in [-0.25, -0.2) is 18.4 Å². The van der Waals surface area contributed by atoms with E-state index in [0.717, 1.165) is 37.4 Å². The summed E-state index contributed by atoms with van der Waals surface area (Å²) in [5.41, 5.74) is 1.01. The summed E-state index contributed by atoms with van der Waals surface area (Å²) in [6.07, 6.45) is 2.03. The number of nitrogens with zero attached hydrogens (tertiary/aromatic N) is 3. The Morgan fingerprint density at radius 1 is 1.12 bits per heavy atom. The van der Waals surface area contributed by atoms with Crippen molar-refractivity contribution in [3.05, 3.63) is 82.3 Å². The highest BCUT2D eigenvalue weighted by molar-refractivity contribution is 5.33. The lowest BCUT2D eigenvalue weighted by atomic mass is 9.99. The molecule has 2 heterocycles. The summed E-state index contributed by atoms with van der Waals surface area (Å²) in [5.74, 6) is 0.581. The predicted molar refractivity (Wildman–Crippen MR) is 98.2 cm³/mol. The fraction of sp³-hybridized carbons (Fsp3) is 0.300. The van der Waals surface area contributed by atoms with Crippen LogP contribution in [0, 0.1) is 5.82 Å². The molecule has 134 valence electrons. The molecule has 1 unspecified atom stereocenters.